The predicted molar refractivity (Wildman–Crippen MR) is 53.8 cm³/mol. The highest BCUT2D eigenvalue weighted by Crippen LogP contribution is 2.28. The van der Waals surface area contributed by atoms with Crippen molar-refractivity contribution in [2.45, 2.75) is 25.8 Å². The monoisotopic (exact) mass is 212 g/mol. The molecule has 0 saturated carbocycles. The van der Waals surface area contributed by atoms with Crippen LogP contribution in [-0.2, 0) is 0 Å². The second kappa shape index (κ2) is 3.67. The Morgan fingerprint density at radius 3 is 3.00 bits per heavy atom. The minimum absolute atomic E-state index is 0.207. The SMILES string of the molecule is Cc1sc(C2CCCN2)nc1C(=O)O. The van der Waals surface area contributed by atoms with E-state index in [0.717, 1.165) is 29.3 Å². The lowest BCUT2D eigenvalue weighted by atomic mass is 10.2. The van der Waals surface area contributed by atoms with Crippen LogP contribution in [0, 0.1) is 6.92 Å². The smallest absolute Gasteiger partial charge is 0.355 e. The number of aromatic carboxylic acids is 1. The molecule has 1 atom stereocenters. The van der Waals surface area contributed by atoms with Gasteiger partial charge in [-0.25, -0.2) is 9.78 Å². The van der Waals surface area contributed by atoms with Gasteiger partial charge >= 0.3 is 5.97 Å². The fourth-order valence-corrected chi connectivity index (χ4v) is 2.68. The molecule has 1 aliphatic heterocycles. The Labute approximate surface area is 86.0 Å². The highest BCUT2D eigenvalue weighted by Gasteiger charge is 2.22. The first-order chi connectivity index (χ1) is 6.68. The molecule has 0 spiro atoms. The summed E-state index contributed by atoms with van der Waals surface area (Å²) in [5.41, 5.74) is 0.207. The fourth-order valence-electron chi connectivity index (χ4n) is 1.66. The van der Waals surface area contributed by atoms with E-state index in [1.54, 1.807) is 6.92 Å². The number of nitrogens with one attached hydrogen (secondary N) is 1. The van der Waals surface area contributed by atoms with Gasteiger partial charge in [-0.3, -0.25) is 0 Å². The van der Waals surface area contributed by atoms with Crippen molar-refractivity contribution in [1.82, 2.24) is 10.3 Å². The number of aromatic nitrogens is 1. The summed E-state index contributed by atoms with van der Waals surface area (Å²) in [6, 6.07) is 0.270. The molecule has 14 heavy (non-hydrogen) atoms. The highest BCUT2D eigenvalue weighted by atomic mass is 32.1. The Balaban J connectivity index is 2.27. The molecule has 0 radical (unpaired) electrons. The molecule has 76 valence electrons. The maximum absolute atomic E-state index is 10.8. The van der Waals surface area contributed by atoms with E-state index in [1.165, 1.54) is 11.3 Å². The minimum Gasteiger partial charge on any atom is -0.476 e. The van der Waals surface area contributed by atoms with E-state index in [1.807, 2.05) is 0 Å². The molecule has 1 aliphatic rings. The lowest BCUT2D eigenvalue weighted by molar-refractivity contribution is 0.0690. The molecular formula is C9H12N2O2S. The number of aryl methyl sites for hydroxylation is 1. The van der Waals surface area contributed by atoms with Crippen LogP contribution in [-0.4, -0.2) is 22.6 Å². The molecule has 2 rings (SSSR count). The number of nitrogens with zero attached hydrogens (tertiary/aromatic N) is 1. The van der Waals surface area contributed by atoms with Gasteiger partial charge in [-0.05, 0) is 26.3 Å². The largest absolute Gasteiger partial charge is 0.476 e. The first-order valence-electron chi connectivity index (χ1n) is 4.62. The summed E-state index contributed by atoms with van der Waals surface area (Å²) in [7, 11) is 0. The lowest BCUT2D eigenvalue weighted by Gasteiger charge is -2.03. The highest BCUT2D eigenvalue weighted by molar-refractivity contribution is 7.11. The molecule has 0 aliphatic carbocycles. The van der Waals surface area contributed by atoms with Crippen LogP contribution in [0.25, 0.3) is 0 Å². The summed E-state index contributed by atoms with van der Waals surface area (Å²) in [4.78, 5) is 15.7. The third-order valence-electron chi connectivity index (χ3n) is 2.37. The molecular weight excluding hydrogens is 200 g/mol. The van der Waals surface area contributed by atoms with Gasteiger partial charge in [0.1, 0.15) is 5.01 Å². The summed E-state index contributed by atoms with van der Waals surface area (Å²) in [6.45, 7) is 2.81. The van der Waals surface area contributed by atoms with Crippen molar-refractivity contribution in [2.75, 3.05) is 6.54 Å². The van der Waals surface area contributed by atoms with Crippen LogP contribution < -0.4 is 5.32 Å². The molecule has 1 unspecified atom stereocenters. The van der Waals surface area contributed by atoms with Crippen molar-refractivity contribution in [3.63, 3.8) is 0 Å². The maximum Gasteiger partial charge on any atom is 0.355 e. The van der Waals surface area contributed by atoms with Crippen LogP contribution in [0.2, 0.25) is 0 Å². The van der Waals surface area contributed by atoms with Crippen molar-refractivity contribution in [3.05, 3.63) is 15.6 Å². The maximum atomic E-state index is 10.8. The average Bonchev–Trinajstić information content (AvgIpc) is 2.70. The van der Waals surface area contributed by atoms with Crippen LogP contribution in [0.5, 0.6) is 0 Å². The van der Waals surface area contributed by atoms with Gasteiger partial charge in [0.25, 0.3) is 0 Å². The number of rotatable bonds is 2. The second-order valence-corrected chi connectivity index (χ2v) is 4.65. The van der Waals surface area contributed by atoms with Gasteiger partial charge in [-0.1, -0.05) is 0 Å². The normalized spacial score (nSPS) is 21.4. The molecule has 1 aromatic heterocycles. The van der Waals surface area contributed by atoms with E-state index in [-0.39, 0.29) is 11.7 Å². The van der Waals surface area contributed by atoms with Gasteiger partial charge in [0, 0.05) is 4.88 Å². The fraction of sp³-hybridized carbons (Fsp3) is 0.556. The molecule has 4 nitrogen and oxygen atoms in total. The van der Waals surface area contributed by atoms with Crippen molar-refractivity contribution in [2.24, 2.45) is 0 Å². The zero-order chi connectivity index (χ0) is 10.1. The standard InChI is InChI=1S/C9H12N2O2S/c1-5-7(9(12)13)11-8(14-5)6-3-2-4-10-6/h6,10H,2-4H2,1H3,(H,12,13). The zero-order valence-corrected chi connectivity index (χ0v) is 8.73. The Morgan fingerprint density at radius 1 is 1.71 bits per heavy atom. The summed E-state index contributed by atoms with van der Waals surface area (Å²) in [5, 5.41) is 13.1. The molecule has 2 N–H and O–H groups in total. The Morgan fingerprint density at radius 2 is 2.50 bits per heavy atom. The topological polar surface area (TPSA) is 62.2 Å². The third-order valence-corrected chi connectivity index (χ3v) is 3.46. The predicted octanol–water partition coefficient (Wildman–Crippen LogP) is 1.57. The van der Waals surface area contributed by atoms with E-state index in [9.17, 15) is 4.79 Å². The van der Waals surface area contributed by atoms with Gasteiger partial charge in [-0.15, -0.1) is 11.3 Å². The number of hydrogen-bond donors (Lipinski definition) is 2. The number of thiazole rings is 1. The molecule has 1 saturated heterocycles. The molecule has 1 aromatic rings. The van der Waals surface area contributed by atoms with Gasteiger partial charge in [-0.2, -0.15) is 0 Å². The quantitative estimate of drug-likeness (QED) is 0.781. The van der Waals surface area contributed by atoms with Crippen molar-refractivity contribution in [1.29, 1.82) is 0 Å². The Kier molecular flexibility index (Phi) is 2.52. The third kappa shape index (κ3) is 1.65. The summed E-state index contributed by atoms with van der Waals surface area (Å²) < 4.78 is 0. The van der Waals surface area contributed by atoms with Crippen LogP contribution in [0.4, 0.5) is 0 Å². The minimum atomic E-state index is -0.928. The van der Waals surface area contributed by atoms with Gasteiger partial charge in [0.15, 0.2) is 5.69 Å². The number of hydrogen-bond acceptors (Lipinski definition) is 4. The number of carboxylic acid groups (broad SMARTS) is 1. The molecule has 0 amide bonds. The van der Waals surface area contributed by atoms with E-state index in [0.29, 0.717) is 0 Å². The average molecular weight is 212 g/mol. The van der Waals surface area contributed by atoms with Crippen LogP contribution >= 0.6 is 11.3 Å². The summed E-state index contributed by atoms with van der Waals surface area (Å²) in [6.07, 6.45) is 2.21. The number of carboxylic acids is 1. The molecule has 0 aromatic carbocycles. The Bertz CT molecular complexity index is 356. The summed E-state index contributed by atoms with van der Waals surface area (Å²) >= 11 is 1.49. The first-order valence-corrected chi connectivity index (χ1v) is 5.44. The molecule has 1 fully saturated rings. The lowest BCUT2D eigenvalue weighted by Crippen LogP contribution is -2.12. The van der Waals surface area contributed by atoms with Crippen LogP contribution in [0.1, 0.15) is 39.3 Å². The van der Waals surface area contributed by atoms with Gasteiger partial charge in [0.2, 0.25) is 0 Å². The van der Waals surface area contributed by atoms with Crippen LogP contribution in [0.3, 0.4) is 0 Å². The molecule has 5 heteroatoms. The van der Waals surface area contributed by atoms with E-state index in [4.69, 9.17) is 5.11 Å². The van der Waals surface area contributed by atoms with E-state index < -0.39 is 5.97 Å². The first kappa shape index (κ1) is 9.61. The van der Waals surface area contributed by atoms with E-state index in [2.05, 4.69) is 10.3 Å². The van der Waals surface area contributed by atoms with Crippen molar-refractivity contribution >= 4 is 17.3 Å². The van der Waals surface area contributed by atoms with Crippen LogP contribution in [0.15, 0.2) is 0 Å². The zero-order valence-electron chi connectivity index (χ0n) is 7.91. The van der Waals surface area contributed by atoms with Gasteiger partial charge in [0.05, 0.1) is 6.04 Å². The van der Waals surface area contributed by atoms with Crippen molar-refractivity contribution in [3.8, 4) is 0 Å². The van der Waals surface area contributed by atoms with Gasteiger partial charge < -0.3 is 10.4 Å². The summed E-state index contributed by atoms with van der Waals surface area (Å²) in [5.74, 6) is -0.928. The number of carbonyl (C=O) groups is 1. The van der Waals surface area contributed by atoms with Crippen molar-refractivity contribution < 1.29 is 9.90 Å². The molecule has 0 bridgehead atoms. The Hall–Kier alpha value is -0.940. The second-order valence-electron chi connectivity index (χ2n) is 3.41. The van der Waals surface area contributed by atoms with E-state index >= 15 is 0 Å². The molecule has 2 heterocycles.